The Kier molecular flexibility index (Phi) is 4.16. The minimum Gasteiger partial charge on any atom is -0.310 e. The highest BCUT2D eigenvalue weighted by Crippen LogP contribution is 2.07. The van der Waals surface area contributed by atoms with Gasteiger partial charge in [0, 0.05) is 0 Å². The number of quaternary nitrogens is 1. The molecule has 0 saturated heterocycles. The highest BCUT2D eigenvalue weighted by atomic mass is 32.2. The molecule has 0 bridgehead atoms. The molecule has 74 valence electrons. The Morgan fingerprint density at radius 3 is 1.50 bits per heavy atom. The van der Waals surface area contributed by atoms with Gasteiger partial charge in [0.15, 0.2) is 0 Å². The van der Waals surface area contributed by atoms with Crippen LogP contribution in [0.3, 0.4) is 0 Å². The van der Waals surface area contributed by atoms with E-state index in [1.807, 2.05) is 20.8 Å². The molecule has 0 heterocycles. The van der Waals surface area contributed by atoms with Crippen LogP contribution >= 0.6 is 0 Å². The molecule has 0 rings (SSSR count). The topological polar surface area (TPSA) is 54.4 Å². The van der Waals surface area contributed by atoms with Crippen molar-refractivity contribution in [3.8, 4) is 0 Å². The zero-order valence-electron chi connectivity index (χ0n) is 7.95. The maximum Gasteiger partial charge on any atom is 0.316 e. The van der Waals surface area contributed by atoms with E-state index < -0.39 is 10.1 Å². The van der Waals surface area contributed by atoms with Crippen LogP contribution in [0.5, 0.6) is 0 Å². The molecular weight excluding hydrogens is 178 g/mol. The van der Waals surface area contributed by atoms with Crippen molar-refractivity contribution in [2.75, 3.05) is 25.5 Å². The van der Waals surface area contributed by atoms with Crippen LogP contribution in [-0.4, -0.2) is 43.0 Å². The van der Waals surface area contributed by atoms with Gasteiger partial charge < -0.3 is 4.48 Å². The van der Waals surface area contributed by atoms with Gasteiger partial charge in [-0.2, -0.15) is 8.42 Å². The maximum absolute atomic E-state index is 10.7. The predicted octanol–water partition coefficient (Wildman–Crippen LogP) is 0.708. The number of hydrogen-bond donors (Lipinski definition) is 1. The van der Waals surface area contributed by atoms with Gasteiger partial charge in [-0.05, 0) is 20.8 Å². The number of hydrogen-bond acceptors (Lipinski definition) is 2. The van der Waals surface area contributed by atoms with Gasteiger partial charge >= 0.3 is 10.1 Å². The van der Waals surface area contributed by atoms with Crippen molar-refractivity contribution in [1.82, 2.24) is 0 Å². The third kappa shape index (κ3) is 3.51. The molecule has 0 radical (unpaired) electrons. The summed E-state index contributed by atoms with van der Waals surface area (Å²) in [6.07, 6.45) is 0. The van der Waals surface area contributed by atoms with E-state index in [0.29, 0.717) is 4.48 Å². The third-order valence-electron chi connectivity index (χ3n) is 2.45. The summed E-state index contributed by atoms with van der Waals surface area (Å²) in [6, 6.07) is 0. The summed E-state index contributed by atoms with van der Waals surface area (Å²) in [5.41, 5.74) is 0. The number of nitrogens with zero attached hydrogens (tertiary/aromatic N) is 1. The van der Waals surface area contributed by atoms with Crippen molar-refractivity contribution in [3.63, 3.8) is 0 Å². The SMILES string of the molecule is CC[N+](CC)(CC)CS(=O)(=O)O. The van der Waals surface area contributed by atoms with Gasteiger partial charge in [0.05, 0.1) is 19.6 Å². The van der Waals surface area contributed by atoms with Crippen molar-refractivity contribution in [2.45, 2.75) is 20.8 Å². The minimum atomic E-state index is -3.85. The summed E-state index contributed by atoms with van der Waals surface area (Å²) in [5.74, 6) is -0.170. The van der Waals surface area contributed by atoms with E-state index in [4.69, 9.17) is 4.55 Å². The third-order valence-corrected chi connectivity index (χ3v) is 3.32. The second-order valence-corrected chi connectivity index (χ2v) is 4.42. The lowest BCUT2D eigenvalue weighted by Crippen LogP contribution is -2.50. The van der Waals surface area contributed by atoms with Crippen LogP contribution in [0.2, 0.25) is 0 Å². The molecule has 0 amide bonds. The summed E-state index contributed by atoms with van der Waals surface area (Å²) < 4.78 is 30.5. The average Bonchev–Trinajstić information content (AvgIpc) is 1.99. The predicted molar refractivity (Wildman–Crippen MR) is 48.3 cm³/mol. The first kappa shape index (κ1) is 11.9. The second-order valence-electron chi connectivity index (χ2n) is 3.00. The van der Waals surface area contributed by atoms with Crippen LogP contribution in [0.25, 0.3) is 0 Å². The minimum absolute atomic E-state index is 0.170. The normalized spacial score (nSPS) is 13.3. The van der Waals surface area contributed by atoms with Gasteiger partial charge in [-0.25, -0.2) is 0 Å². The van der Waals surface area contributed by atoms with Gasteiger partial charge in [-0.3, -0.25) is 4.55 Å². The Morgan fingerprint density at radius 1 is 1.08 bits per heavy atom. The lowest BCUT2D eigenvalue weighted by atomic mass is 10.4. The number of rotatable bonds is 5. The van der Waals surface area contributed by atoms with E-state index in [0.717, 1.165) is 19.6 Å². The standard InChI is InChI=1S/C7H17NO3S/c1-4-8(5-2,6-3)7-12(9,10)11/h4-7H2,1-3H3/p+1. The molecule has 12 heavy (non-hydrogen) atoms. The fourth-order valence-corrected chi connectivity index (χ4v) is 2.53. The Labute approximate surface area is 74.5 Å². The van der Waals surface area contributed by atoms with E-state index in [1.54, 1.807) is 0 Å². The molecule has 0 aliphatic carbocycles. The molecule has 0 aliphatic rings. The van der Waals surface area contributed by atoms with E-state index in [9.17, 15) is 8.42 Å². The molecule has 1 N–H and O–H groups in total. The quantitative estimate of drug-likeness (QED) is 0.520. The average molecular weight is 196 g/mol. The van der Waals surface area contributed by atoms with E-state index in [1.165, 1.54) is 0 Å². The summed E-state index contributed by atoms with van der Waals surface area (Å²) in [7, 11) is -3.85. The van der Waals surface area contributed by atoms with Crippen molar-refractivity contribution < 1.29 is 17.5 Å². The van der Waals surface area contributed by atoms with Gasteiger partial charge in [-0.1, -0.05) is 0 Å². The van der Waals surface area contributed by atoms with Crippen molar-refractivity contribution in [2.24, 2.45) is 0 Å². The lowest BCUT2D eigenvalue weighted by molar-refractivity contribution is -0.912. The van der Waals surface area contributed by atoms with Gasteiger partial charge in [0.2, 0.25) is 5.88 Å². The van der Waals surface area contributed by atoms with E-state index >= 15 is 0 Å². The summed E-state index contributed by atoms with van der Waals surface area (Å²) >= 11 is 0. The lowest BCUT2D eigenvalue weighted by Gasteiger charge is -2.33. The molecule has 0 fully saturated rings. The van der Waals surface area contributed by atoms with Crippen LogP contribution in [0.4, 0.5) is 0 Å². The monoisotopic (exact) mass is 196 g/mol. The van der Waals surface area contributed by atoms with Gasteiger partial charge in [-0.15, -0.1) is 0 Å². The fraction of sp³-hybridized carbons (Fsp3) is 1.00. The van der Waals surface area contributed by atoms with Crippen LogP contribution in [-0.2, 0) is 10.1 Å². The first-order chi connectivity index (χ1) is 5.39. The molecule has 0 unspecified atom stereocenters. The smallest absolute Gasteiger partial charge is 0.310 e. The van der Waals surface area contributed by atoms with Crippen LogP contribution in [0.1, 0.15) is 20.8 Å². The van der Waals surface area contributed by atoms with Gasteiger partial charge in [0.25, 0.3) is 0 Å². The van der Waals surface area contributed by atoms with Crippen molar-refractivity contribution in [1.29, 1.82) is 0 Å². The highest BCUT2D eigenvalue weighted by Gasteiger charge is 2.27. The zero-order chi connectivity index (χ0) is 9.83. The fourth-order valence-electron chi connectivity index (χ4n) is 1.29. The van der Waals surface area contributed by atoms with E-state index in [2.05, 4.69) is 0 Å². The Morgan fingerprint density at radius 2 is 1.42 bits per heavy atom. The van der Waals surface area contributed by atoms with E-state index in [-0.39, 0.29) is 5.88 Å². The largest absolute Gasteiger partial charge is 0.316 e. The Hall–Kier alpha value is -0.130. The molecule has 0 aromatic rings. The molecular formula is C7H18NO3S+. The maximum atomic E-state index is 10.7. The summed E-state index contributed by atoms with van der Waals surface area (Å²) in [4.78, 5) is 0. The Balaban J connectivity index is 4.52. The van der Waals surface area contributed by atoms with Crippen molar-refractivity contribution in [3.05, 3.63) is 0 Å². The van der Waals surface area contributed by atoms with Crippen LogP contribution < -0.4 is 0 Å². The molecule has 4 nitrogen and oxygen atoms in total. The van der Waals surface area contributed by atoms with Crippen LogP contribution in [0, 0.1) is 0 Å². The highest BCUT2D eigenvalue weighted by molar-refractivity contribution is 7.85. The molecule has 0 saturated carbocycles. The Bertz CT molecular complexity index is 211. The first-order valence-electron chi connectivity index (χ1n) is 4.19. The van der Waals surface area contributed by atoms with Crippen molar-refractivity contribution >= 4 is 10.1 Å². The summed E-state index contributed by atoms with van der Waals surface area (Å²) in [5, 5.41) is 0. The first-order valence-corrected chi connectivity index (χ1v) is 5.80. The molecule has 0 aromatic heterocycles. The second kappa shape index (κ2) is 4.20. The molecule has 5 heteroatoms. The summed E-state index contributed by atoms with van der Waals surface area (Å²) in [6.45, 7) is 7.97. The molecule has 0 aliphatic heterocycles. The molecule has 0 aromatic carbocycles. The van der Waals surface area contributed by atoms with Gasteiger partial charge in [0.1, 0.15) is 0 Å². The molecule has 0 atom stereocenters. The molecule has 0 spiro atoms. The zero-order valence-corrected chi connectivity index (χ0v) is 8.76. The van der Waals surface area contributed by atoms with Crippen LogP contribution in [0.15, 0.2) is 0 Å².